The lowest BCUT2D eigenvalue weighted by Crippen LogP contribution is -2.54. The molecule has 0 bridgehead atoms. The van der Waals surface area contributed by atoms with Crippen LogP contribution in [0, 0.1) is 5.82 Å². The van der Waals surface area contributed by atoms with Gasteiger partial charge in [0.2, 0.25) is 0 Å². The predicted octanol–water partition coefficient (Wildman–Crippen LogP) is 2.71. The maximum Gasteiger partial charge on any atom is 0.309 e. The van der Waals surface area contributed by atoms with E-state index in [9.17, 15) is 14.0 Å². The summed E-state index contributed by atoms with van der Waals surface area (Å²) in [5.41, 5.74) is 0.623. The Labute approximate surface area is 205 Å². The number of hydrogen-bond donors (Lipinski definition) is 2. The minimum atomic E-state index is -0.612. The van der Waals surface area contributed by atoms with E-state index in [1.807, 2.05) is 30.5 Å². The van der Waals surface area contributed by atoms with Crippen LogP contribution < -0.4 is 15.5 Å². The van der Waals surface area contributed by atoms with Gasteiger partial charge in [-0.1, -0.05) is 32.0 Å². The second-order valence-electron chi connectivity index (χ2n) is 8.48. The van der Waals surface area contributed by atoms with E-state index in [0.29, 0.717) is 31.9 Å². The summed E-state index contributed by atoms with van der Waals surface area (Å²) in [6.07, 6.45) is 0. The fraction of sp³-hybridized carbons (Fsp3) is 0.520. The summed E-state index contributed by atoms with van der Waals surface area (Å²) >= 11 is 1.64. The lowest BCUT2D eigenvalue weighted by atomic mass is 10.0. The van der Waals surface area contributed by atoms with Crippen molar-refractivity contribution in [3.8, 4) is 0 Å². The molecule has 1 aliphatic rings. The van der Waals surface area contributed by atoms with Crippen LogP contribution in [0.3, 0.4) is 0 Å². The Balaban J connectivity index is 1.59. The standard InChI is InChI=1S/C25H36FN5O2S/c1-4-29(5-2)13-12-27-24(32)25(33)28-19(3)23(22-11-8-18-34-22)31-16-14-30(15-17-31)21-10-7-6-9-20(21)26/h6-11,18-19,23H,4-5,12-17H2,1-3H3,(H,27,32)(H,28,33)/t19-,23-/m1/s1. The van der Waals surface area contributed by atoms with Gasteiger partial charge >= 0.3 is 11.8 Å². The Morgan fingerprint density at radius 1 is 1.06 bits per heavy atom. The molecule has 0 radical (unpaired) electrons. The summed E-state index contributed by atoms with van der Waals surface area (Å²) < 4.78 is 14.2. The third kappa shape index (κ3) is 6.77. The van der Waals surface area contributed by atoms with Gasteiger partial charge < -0.3 is 20.4 Å². The second-order valence-corrected chi connectivity index (χ2v) is 9.46. The van der Waals surface area contributed by atoms with Gasteiger partial charge in [0.05, 0.1) is 11.7 Å². The zero-order valence-corrected chi connectivity index (χ0v) is 21.1. The van der Waals surface area contributed by atoms with Crippen molar-refractivity contribution in [2.45, 2.75) is 32.9 Å². The number of hydrogen-bond acceptors (Lipinski definition) is 6. The lowest BCUT2D eigenvalue weighted by molar-refractivity contribution is -0.139. The number of carbonyl (C=O) groups is 2. The number of thiophene rings is 1. The number of carbonyl (C=O) groups excluding carboxylic acids is 2. The molecule has 0 aliphatic carbocycles. The fourth-order valence-corrected chi connectivity index (χ4v) is 5.41. The van der Waals surface area contributed by atoms with Crippen LogP contribution in [0.5, 0.6) is 0 Å². The highest BCUT2D eigenvalue weighted by Crippen LogP contribution is 2.30. The number of halogens is 1. The number of amides is 2. The van der Waals surface area contributed by atoms with Crippen molar-refractivity contribution in [3.63, 3.8) is 0 Å². The van der Waals surface area contributed by atoms with Crippen molar-refractivity contribution in [3.05, 3.63) is 52.5 Å². The molecule has 1 saturated heterocycles. The highest BCUT2D eigenvalue weighted by atomic mass is 32.1. The highest BCUT2D eigenvalue weighted by Gasteiger charge is 2.32. The molecule has 3 rings (SSSR count). The van der Waals surface area contributed by atoms with Crippen LogP contribution >= 0.6 is 11.3 Å². The molecule has 2 heterocycles. The fourth-order valence-electron chi connectivity index (χ4n) is 4.45. The van der Waals surface area contributed by atoms with Crippen LogP contribution in [-0.4, -0.2) is 80.0 Å². The van der Waals surface area contributed by atoms with Gasteiger partial charge in [-0.2, -0.15) is 0 Å². The molecule has 1 aliphatic heterocycles. The molecule has 34 heavy (non-hydrogen) atoms. The topological polar surface area (TPSA) is 67.9 Å². The molecule has 9 heteroatoms. The van der Waals surface area contributed by atoms with Crippen molar-refractivity contribution in [1.29, 1.82) is 0 Å². The van der Waals surface area contributed by atoms with Crippen LogP contribution in [0.2, 0.25) is 0 Å². The summed E-state index contributed by atoms with van der Waals surface area (Å²) in [5, 5.41) is 7.65. The van der Waals surface area contributed by atoms with Crippen LogP contribution in [0.25, 0.3) is 0 Å². The molecule has 2 amide bonds. The zero-order valence-electron chi connectivity index (χ0n) is 20.3. The number of piperazine rings is 1. The van der Waals surface area contributed by atoms with E-state index in [4.69, 9.17) is 0 Å². The van der Waals surface area contributed by atoms with Crippen LogP contribution in [0.1, 0.15) is 31.7 Å². The first-order valence-electron chi connectivity index (χ1n) is 12.0. The molecule has 0 spiro atoms. The molecule has 2 aromatic rings. The summed E-state index contributed by atoms with van der Waals surface area (Å²) in [5.74, 6) is -1.43. The average Bonchev–Trinajstić information content (AvgIpc) is 3.37. The average molecular weight is 490 g/mol. The Bertz CT molecular complexity index is 914. The van der Waals surface area contributed by atoms with Gasteiger partial charge in [-0.3, -0.25) is 14.5 Å². The van der Waals surface area contributed by atoms with Crippen molar-refractivity contribution in [1.82, 2.24) is 20.4 Å². The van der Waals surface area contributed by atoms with E-state index in [-0.39, 0.29) is 17.9 Å². The second kappa shape index (κ2) is 12.8. The minimum absolute atomic E-state index is 0.0600. The van der Waals surface area contributed by atoms with E-state index < -0.39 is 11.8 Å². The number of benzene rings is 1. The Kier molecular flexibility index (Phi) is 9.86. The Hall–Kier alpha value is -2.49. The SMILES string of the molecule is CCN(CC)CCNC(=O)C(=O)N[C@H](C)[C@H](c1cccs1)N1CCN(c2ccccc2F)CC1. The first kappa shape index (κ1) is 26.1. The molecule has 7 nitrogen and oxygen atoms in total. The Morgan fingerprint density at radius 3 is 2.38 bits per heavy atom. The molecule has 0 saturated carbocycles. The van der Waals surface area contributed by atoms with Crippen molar-refractivity contribution < 1.29 is 14.0 Å². The first-order valence-corrected chi connectivity index (χ1v) is 12.9. The molecule has 2 N–H and O–H groups in total. The quantitative estimate of drug-likeness (QED) is 0.503. The zero-order chi connectivity index (χ0) is 24.5. The molecule has 1 fully saturated rings. The Morgan fingerprint density at radius 2 is 1.76 bits per heavy atom. The maximum absolute atomic E-state index is 14.2. The van der Waals surface area contributed by atoms with Gasteiger partial charge in [-0.05, 0) is 43.6 Å². The summed E-state index contributed by atoms with van der Waals surface area (Å²) in [4.78, 5) is 32.7. The summed E-state index contributed by atoms with van der Waals surface area (Å²) in [6, 6.07) is 10.6. The molecule has 1 aromatic carbocycles. The van der Waals surface area contributed by atoms with Crippen LogP contribution in [0.15, 0.2) is 41.8 Å². The van der Waals surface area contributed by atoms with E-state index in [1.54, 1.807) is 17.4 Å². The minimum Gasteiger partial charge on any atom is -0.367 e. The summed E-state index contributed by atoms with van der Waals surface area (Å²) in [6.45, 7) is 11.9. The van der Waals surface area contributed by atoms with Gasteiger partial charge in [0.25, 0.3) is 0 Å². The molecule has 0 unspecified atom stereocenters. The van der Waals surface area contributed by atoms with Crippen LogP contribution in [-0.2, 0) is 9.59 Å². The molecular weight excluding hydrogens is 453 g/mol. The largest absolute Gasteiger partial charge is 0.367 e. The number of rotatable bonds is 10. The van der Waals surface area contributed by atoms with Crippen LogP contribution in [0.4, 0.5) is 10.1 Å². The smallest absolute Gasteiger partial charge is 0.309 e. The predicted molar refractivity (Wildman–Crippen MR) is 136 cm³/mol. The van der Waals surface area contributed by atoms with Crippen molar-refractivity contribution in [2.24, 2.45) is 0 Å². The van der Waals surface area contributed by atoms with Gasteiger partial charge in [0.1, 0.15) is 5.82 Å². The van der Waals surface area contributed by atoms with Crippen molar-refractivity contribution in [2.75, 3.05) is 57.3 Å². The van der Waals surface area contributed by atoms with E-state index >= 15 is 0 Å². The van der Waals surface area contributed by atoms with Gasteiger partial charge in [-0.15, -0.1) is 11.3 Å². The third-order valence-electron chi connectivity index (χ3n) is 6.38. The number of nitrogens with zero attached hydrogens (tertiary/aromatic N) is 3. The first-order chi connectivity index (χ1) is 16.4. The lowest BCUT2D eigenvalue weighted by Gasteiger charge is -2.42. The normalized spacial score (nSPS) is 16.3. The van der Waals surface area contributed by atoms with Crippen molar-refractivity contribution >= 4 is 28.8 Å². The van der Waals surface area contributed by atoms with Gasteiger partial charge in [0, 0.05) is 50.2 Å². The van der Waals surface area contributed by atoms with E-state index in [0.717, 1.165) is 31.1 Å². The van der Waals surface area contributed by atoms with E-state index in [1.165, 1.54) is 6.07 Å². The van der Waals surface area contributed by atoms with E-state index in [2.05, 4.69) is 45.2 Å². The maximum atomic E-state index is 14.2. The summed E-state index contributed by atoms with van der Waals surface area (Å²) in [7, 11) is 0. The molecule has 1 aromatic heterocycles. The monoisotopic (exact) mass is 489 g/mol. The number of para-hydroxylation sites is 1. The van der Waals surface area contributed by atoms with Gasteiger partial charge in [0.15, 0.2) is 0 Å². The number of nitrogens with one attached hydrogen (secondary N) is 2. The molecule has 186 valence electrons. The number of anilines is 1. The van der Waals surface area contributed by atoms with Gasteiger partial charge in [-0.25, -0.2) is 4.39 Å². The highest BCUT2D eigenvalue weighted by molar-refractivity contribution is 7.10. The number of likely N-dealkylation sites (N-methyl/N-ethyl adjacent to an activating group) is 1. The molecular formula is C25H36FN5O2S. The third-order valence-corrected chi connectivity index (χ3v) is 7.33. The molecule has 2 atom stereocenters.